The minimum absolute atomic E-state index is 0.0501. The molecule has 1 heterocycles. The Balaban J connectivity index is 2.20. The summed E-state index contributed by atoms with van der Waals surface area (Å²) in [5, 5.41) is 0. The van der Waals surface area contributed by atoms with Gasteiger partial charge in [0.1, 0.15) is 0 Å². The second-order valence-corrected chi connectivity index (χ2v) is 4.94. The molecule has 1 fully saturated rings. The van der Waals surface area contributed by atoms with E-state index in [1.165, 1.54) is 5.56 Å². The predicted octanol–water partition coefficient (Wildman–Crippen LogP) is 1.26. The van der Waals surface area contributed by atoms with E-state index in [4.69, 9.17) is 5.73 Å². The molecular weight excluding hydrogens is 220 g/mol. The van der Waals surface area contributed by atoms with E-state index < -0.39 is 0 Å². The van der Waals surface area contributed by atoms with Gasteiger partial charge >= 0.3 is 0 Å². The molecule has 4 heteroatoms. The molecule has 1 atom stereocenters. The van der Waals surface area contributed by atoms with Gasteiger partial charge in [-0.25, -0.2) is 0 Å². The number of nitrogens with two attached hydrogens (primary N) is 1. The zero-order chi connectivity index (χ0) is 11.4. The third-order valence-corrected chi connectivity index (χ3v) is 3.83. The molecule has 0 aromatic heterocycles. The molecule has 0 bridgehead atoms. The number of carbonyl (C=O) groups excluding carboxylic acids is 1. The van der Waals surface area contributed by atoms with Crippen molar-refractivity contribution in [2.45, 2.75) is 6.04 Å². The summed E-state index contributed by atoms with van der Waals surface area (Å²) in [4.78, 5) is 13.7. The van der Waals surface area contributed by atoms with Crippen molar-refractivity contribution in [3.8, 4) is 0 Å². The fourth-order valence-electron chi connectivity index (χ4n) is 1.97. The lowest BCUT2D eigenvalue weighted by Crippen LogP contribution is -2.43. The summed E-state index contributed by atoms with van der Waals surface area (Å²) >= 11 is 1.89. The van der Waals surface area contributed by atoms with Gasteiger partial charge in [-0.15, -0.1) is 0 Å². The van der Waals surface area contributed by atoms with Crippen molar-refractivity contribution in [3.05, 3.63) is 35.9 Å². The first-order chi connectivity index (χ1) is 7.83. The fraction of sp³-hybridized carbons (Fsp3) is 0.417. The Morgan fingerprint density at radius 1 is 1.44 bits per heavy atom. The van der Waals surface area contributed by atoms with Gasteiger partial charge in [-0.1, -0.05) is 30.3 Å². The van der Waals surface area contributed by atoms with Crippen LogP contribution in [0.4, 0.5) is 0 Å². The molecule has 0 radical (unpaired) electrons. The monoisotopic (exact) mass is 236 g/mol. The molecule has 1 aliphatic rings. The van der Waals surface area contributed by atoms with Gasteiger partial charge < -0.3 is 10.6 Å². The van der Waals surface area contributed by atoms with Gasteiger partial charge in [-0.2, -0.15) is 11.8 Å². The molecule has 1 aromatic carbocycles. The molecule has 2 N–H and O–H groups in total. The highest BCUT2D eigenvalue weighted by Crippen LogP contribution is 2.29. The number of rotatable bonds is 2. The van der Waals surface area contributed by atoms with E-state index in [2.05, 4.69) is 12.1 Å². The Morgan fingerprint density at radius 3 is 2.88 bits per heavy atom. The Morgan fingerprint density at radius 2 is 2.19 bits per heavy atom. The molecule has 1 amide bonds. The number of benzene rings is 1. The standard InChI is InChI=1S/C12H16N2OS/c13-8-12(15)14-6-7-16-9-11(14)10-4-2-1-3-5-10/h1-5,11H,6-9,13H2. The van der Waals surface area contributed by atoms with Crippen molar-refractivity contribution in [1.82, 2.24) is 4.90 Å². The molecule has 3 nitrogen and oxygen atoms in total. The number of carbonyl (C=O) groups is 1. The third kappa shape index (κ3) is 2.39. The summed E-state index contributed by atoms with van der Waals surface area (Å²) < 4.78 is 0. The van der Waals surface area contributed by atoms with Gasteiger partial charge in [0.15, 0.2) is 0 Å². The number of hydrogen-bond acceptors (Lipinski definition) is 3. The van der Waals surface area contributed by atoms with Crippen LogP contribution in [0.5, 0.6) is 0 Å². The third-order valence-electron chi connectivity index (χ3n) is 2.81. The van der Waals surface area contributed by atoms with Gasteiger partial charge in [0.05, 0.1) is 12.6 Å². The van der Waals surface area contributed by atoms with Crippen LogP contribution in [0.15, 0.2) is 30.3 Å². The summed E-state index contributed by atoms with van der Waals surface area (Å²) in [5.41, 5.74) is 6.65. The average Bonchev–Trinajstić information content (AvgIpc) is 2.39. The molecule has 1 saturated heterocycles. The lowest BCUT2D eigenvalue weighted by atomic mass is 10.1. The first-order valence-corrected chi connectivity index (χ1v) is 6.60. The normalized spacial score (nSPS) is 20.8. The van der Waals surface area contributed by atoms with Crippen molar-refractivity contribution in [2.75, 3.05) is 24.6 Å². The fourth-order valence-corrected chi connectivity index (χ4v) is 3.06. The zero-order valence-corrected chi connectivity index (χ0v) is 9.95. The second-order valence-electron chi connectivity index (χ2n) is 3.79. The average molecular weight is 236 g/mol. The molecule has 1 aliphatic heterocycles. The van der Waals surface area contributed by atoms with E-state index >= 15 is 0 Å². The van der Waals surface area contributed by atoms with Crippen molar-refractivity contribution < 1.29 is 4.79 Å². The minimum atomic E-state index is 0.0501. The quantitative estimate of drug-likeness (QED) is 0.841. The van der Waals surface area contributed by atoms with Crippen molar-refractivity contribution in [3.63, 3.8) is 0 Å². The van der Waals surface area contributed by atoms with Crippen LogP contribution in [-0.2, 0) is 4.79 Å². The van der Waals surface area contributed by atoms with Crippen LogP contribution in [0.2, 0.25) is 0 Å². The maximum Gasteiger partial charge on any atom is 0.236 e. The Hall–Kier alpha value is -1.00. The van der Waals surface area contributed by atoms with Crippen molar-refractivity contribution in [1.29, 1.82) is 0 Å². The molecule has 0 aliphatic carbocycles. The number of thioether (sulfide) groups is 1. The van der Waals surface area contributed by atoms with Gasteiger partial charge in [-0.3, -0.25) is 4.79 Å². The van der Waals surface area contributed by atoms with Crippen molar-refractivity contribution >= 4 is 17.7 Å². The van der Waals surface area contributed by atoms with E-state index in [-0.39, 0.29) is 18.5 Å². The number of nitrogens with zero attached hydrogens (tertiary/aromatic N) is 1. The van der Waals surface area contributed by atoms with Crippen LogP contribution < -0.4 is 5.73 Å². The molecule has 0 saturated carbocycles. The van der Waals surface area contributed by atoms with Gasteiger partial charge in [0, 0.05) is 18.1 Å². The van der Waals surface area contributed by atoms with Gasteiger partial charge in [-0.05, 0) is 5.56 Å². The highest BCUT2D eigenvalue weighted by atomic mass is 32.2. The van der Waals surface area contributed by atoms with Gasteiger partial charge in [0.25, 0.3) is 0 Å². The van der Waals surface area contributed by atoms with Crippen LogP contribution in [0, 0.1) is 0 Å². The largest absolute Gasteiger partial charge is 0.333 e. The topological polar surface area (TPSA) is 46.3 Å². The summed E-state index contributed by atoms with van der Waals surface area (Å²) in [6.07, 6.45) is 0. The Labute approximate surface area is 100.0 Å². The van der Waals surface area contributed by atoms with E-state index in [1.54, 1.807) is 0 Å². The number of hydrogen-bond donors (Lipinski definition) is 1. The highest BCUT2D eigenvalue weighted by Gasteiger charge is 2.27. The van der Waals surface area contributed by atoms with E-state index in [1.807, 2.05) is 34.9 Å². The van der Waals surface area contributed by atoms with Crippen LogP contribution in [-0.4, -0.2) is 35.4 Å². The lowest BCUT2D eigenvalue weighted by molar-refractivity contribution is -0.131. The summed E-state index contributed by atoms with van der Waals surface area (Å²) in [6, 6.07) is 10.4. The Bertz CT molecular complexity index is 355. The maximum absolute atomic E-state index is 11.7. The van der Waals surface area contributed by atoms with Crippen LogP contribution in [0.25, 0.3) is 0 Å². The smallest absolute Gasteiger partial charge is 0.236 e. The van der Waals surface area contributed by atoms with E-state index in [0.29, 0.717) is 0 Å². The molecule has 16 heavy (non-hydrogen) atoms. The lowest BCUT2D eigenvalue weighted by Gasteiger charge is -2.35. The first kappa shape index (κ1) is 11.5. The summed E-state index contributed by atoms with van der Waals surface area (Å²) in [5.74, 6) is 2.03. The predicted molar refractivity (Wildman–Crippen MR) is 67.3 cm³/mol. The van der Waals surface area contributed by atoms with Crippen LogP contribution in [0.1, 0.15) is 11.6 Å². The summed E-state index contributed by atoms with van der Waals surface area (Å²) in [7, 11) is 0. The molecule has 2 rings (SSSR count). The number of amides is 1. The first-order valence-electron chi connectivity index (χ1n) is 5.45. The van der Waals surface area contributed by atoms with Gasteiger partial charge in [0.2, 0.25) is 5.91 Å². The Kier molecular flexibility index (Phi) is 3.85. The van der Waals surface area contributed by atoms with Crippen molar-refractivity contribution in [2.24, 2.45) is 5.73 Å². The van der Waals surface area contributed by atoms with E-state index in [9.17, 15) is 4.79 Å². The molecule has 1 aromatic rings. The minimum Gasteiger partial charge on any atom is -0.333 e. The van der Waals surface area contributed by atoms with Crippen LogP contribution >= 0.6 is 11.8 Å². The van der Waals surface area contributed by atoms with E-state index in [0.717, 1.165) is 18.1 Å². The second kappa shape index (κ2) is 5.37. The highest BCUT2D eigenvalue weighted by molar-refractivity contribution is 7.99. The molecule has 0 spiro atoms. The zero-order valence-electron chi connectivity index (χ0n) is 9.13. The SMILES string of the molecule is NCC(=O)N1CCSCC1c1ccccc1. The summed E-state index contributed by atoms with van der Waals surface area (Å²) in [6.45, 7) is 0.911. The molecule has 86 valence electrons. The van der Waals surface area contributed by atoms with Crippen LogP contribution in [0.3, 0.4) is 0 Å². The maximum atomic E-state index is 11.7. The molecular formula is C12H16N2OS. The molecule has 1 unspecified atom stereocenters.